The first-order chi connectivity index (χ1) is 32.7. The number of nitrogens with zero attached hydrogens (tertiary/aromatic N) is 3. The minimum absolute atomic E-state index is 0.000313. The van der Waals surface area contributed by atoms with E-state index in [-0.39, 0.29) is 23.3 Å². The zero-order valence-corrected chi connectivity index (χ0v) is 40.2. The molecule has 9 heteroatoms. The summed E-state index contributed by atoms with van der Waals surface area (Å²) in [6, 6.07) is 18.3. The van der Waals surface area contributed by atoms with Crippen molar-refractivity contribution in [3.05, 3.63) is 166 Å². The normalized spacial score (nSPS) is 14.2. The molecule has 0 atom stereocenters. The average molecular weight is 903 g/mol. The summed E-state index contributed by atoms with van der Waals surface area (Å²) in [5, 5.41) is 5.08. The molecule has 6 rings (SSSR count). The maximum atomic E-state index is 13.7. The summed E-state index contributed by atoms with van der Waals surface area (Å²) >= 11 is 0. The van der Waals surface area contributed by atoms with E-state index in [0.29, 0.717) is 57.5 Å². The minimum atomic E-state index is -0.347. The van der Waals surface area contributed by atoms with Crippen LogP contribution in [-0.4, -0.2) is 58.3 Å². The monoisotopic (exact) mass is 903 g/mol. The van der Waals surface area contributed by atoms with Gasteiger partial charge in [-0.3, -0.25) is 14.5 Å². The van der Waals surface area contributed by atoms with Crippen LogP contribution in [-0.2, 0) is 41.9 Å². The lowest BCUT2D eigenvalue weighted by molar-refractivity contribution is -0.117. The number of nitrogens with one attached hydrogen (secondary N) is 1. The van der Waals surface area contributed by atoms with Crippen LogP contribution in [0.5, 0.6) is 5.75 Å². The van der Waals surface area contributed by atoms with Gasteiger partial charge in [-0.05, 0) is 135 Å². The summed E-state index contributed by atoms with van der Waals surface area (Å²) in [6.07, 6.45) is 35.0. The van der Waals surface area contributed by atoms with Crippen LogP contribution < -0.4 is 15.6 Å². The molecule has 3 heterocycles. The molecule has 1 aromatic heterocycles. The lowest BCUT2D eigenvalue weighted by atomic mass is 9.95. The largest absolute Gasteiger partial charge is 0.415 e. The number of aryl methyl sites for hydroxylation is 2. The topological polar surface area (TPSA) is 101 Å². The number of fused-ring (bicyclic) bond motifs is 4. The zero-order valence-electron chi connectivity index (χ0n) is 40.2. The Morgan fingerprint density at radius 3 is 1.91 bits per heavy atom. The van der Waals surface area contributed by atoms with E-state index in [9.17, 15) is 19.2 Å². The molecule has 0 bridgehead atoms. The van der Waals surface area contributed by atoms with Gasteiger partial charge >= 0.3 is 6.09 Å². The molecule has 1 N–H and O–H groups in total. The van der Waals surface area contributed by atoms with Gasteiger partial charge < -0.3 is 24.3 Å². The van der Waals surface area contributed by atoms with Crippen LogP contribution in [0.2, 0.25) is 0 Å². The van der Waals surface area contributed by atoms with Crippen molar-refractivity contribution in [3.8, 4) is 17.0 Å². The van der Waals surface area contributed by atoms with Crippen molar-refractivity contribution in [1.82, 2.24) is 14.4 Å². The van der Waals surface area contributed by atoms with Crippen molar-refractivity contribution < 1.29 is 19.1 Å². The zero-order chi connectivity index (χ0) is 47.4. The van der Waals surface area contributed by atoms with Crippen molar-refractivity contribution >= 4 is 34.2 Å². The number of allylic oxidation sites excluding steroid dienone is 12. The van der Waals surface area contributed by atoms with Gasteiger partial charge in [-0.25, -0.2) is 4.79 Å². The molecule has 1 fully saturated rings. The van der Waals surface area contributed by atoms with Gasteiger partial charge in [0.2, 0.25) is 5.91 Å². The molecule has 0 aliphatic carbocycles. The number of aromatic nitrogens is 1. The standard InChI is InChI=1S/C58H70N4O5/c1-5-8-9-10-11-12-13-14-15-16-17-18-19-20-21-22-23-24-25-26-56(64)59-49-31-28-45(29-32-49)42-60-35-37-61(38-36-60)58(66)67-55-34-30-47-39-53-48(40-52(47)50(55)7-3)43-62-54(53)41-46(6-2)51(57(62)65)33-27-44(4)63/h8-9,11-12,14-15,17-18,20-21,23-24,28-32,34,39-41H,5-7,10,13,16,19,22,25-27,33,35-38,42-43H2,1-4H3,(H,59,64)/b9-8-,12-11-,15-14-,18-17-,21-20-,24-23-. The smallest absolute Gasteiger partial charge is 0.410 e. The van der Waals surface area contributed by atoms with Crippen molar-refractivity contribution in [2.75, 3.05) is 31.5 Å². The third kappa shape index (κ3) is 14.6. The number of hydrogen-bond donors (Lipinski definition) is 1. The Hall–Kier alpha value is -6.32. The Balaban J connectivity index is 0.894. The number of amides is 2. The fourth-order valence-corrected chi connectivity index (χ4v) is 8.74. The fraction of sp³-hybridized carbons (Fsp3) is 0.379. The number of carbonyl (C=O) groups is 3. The quantitative estimate of drug-likeness (QED) is 0.0655. The van der Waals surface area contributed by atoms with Crippen LogP contribution in [0.3, 0.4) is 0 Å². The summed E-state index contributed by atoms with van der Waals surface area (Å²) < 4.78 is 7.94. The molecule has 0 saturated carbocycles. The fourth-order valence-electron chi connectivity index (χ4n) is 8.74. The number of anilines is 1. The lowest BCUT2D eigenvalue weighted by Gasteiger charge is -2.34. The summed E-state index contributed by atoms with van der Waals surface area (Å²) in [4.78, 5) is 55.7. The van der Waals surface area contributed by atoms with Gasteiger partial charge in [0.25, 0.3) is 5.56 Å². The molecule has 0 spiro atoms. The second kappa shape index (κ2) is 26.1. The first kappa shape index (κ1) is 50.1. The molecule has 67 heavy (non-hydrogen) atoms. The number of Topliss-reactive ketones (excluding diaryl/α,β-unsaturated/α-hetero) is 1. The first-order valence-electron chi connectivity index (χ1n) is 24.5. The highest BCUT2D eigenvalue weighted by atomic mass is 16.6. The first-order valence-corrected chi connectivity index (χ1v) is 24.5. The van der Waals surface area contributed by atoms with E-state index in [1.165, 1.54) is 0 Å². The predicted octanol–water partition coefficient (Wildman–Crippen LogP) is 12.4. The van der Waals surface area contributed by atoms with Gasteiger partial charge in [-0.1, -0.05) is 112 Å². The van der Waals surface area contributed by atoms with Gasteiger partial charge in [0.05, 0.1) is 12.2 Å². The third-order valence-electron chi connectivity index (χ3n) is 12.5. The predicted molar refractivity (Wildman–Crippen MR) is 276 cm³/mol. The highest BCUT2D eigenvalue weighted by Crippen LogP contribution is 2.38. The van der Waals surface area contributed by atoms with Crippen molar-refractivity contribution in [2.45, 2.75) is 118 Å². The average Bonchev–Trinajstić information content (AvgIpc) is 3.69. The number of hydrogen-bond acceptors (Lipinski definition) is 6. The van der Waals surface area contributed by atoms with E-state index < -0.39 is 0 Å². The van der Waals surface area contributed by atoms with Gasteiger partial charge in [-0.15, -0.1) is 0 Å². The van der Waals surface area contributed by atoms with Gasteiger partial charge in [-0.2, -0.15) is 0 Å². The molecule has 4 aromatic rings. The van der Waals surface area contributed by atoms with Crippen LogP contribution in [0.1, 0.15) is 113 Å². The Kier molecular flexibility index (Phi) is 19.5. The molecule has 352 valence electrons. The Labute approximate surface area is 398 Å². The molecular weight excluding hydrogens is 833 g/mol. The highest BCUT2D eigenvalue weighted by Gasteiger charge is 2.26. The number of ether oxygens (including phenoxy) is 1. The van der Waals surface area contributed by atoms with Crippen LogP contribution in [0.15, 0.2) is 132 Å². The SMILES string of the molecule is CC/C=C\C/C=C\C/C=C\C/C=C\C/C=C\C/C=C\CCC(=O)Nc1ccc(CN2CCN(C(=O)Oc3ccc4cc5c(cc4c3CC)Cn3c-5cc(CC)c(CCC(C)=O)c3=O)CC2)cc1. The molecule has 0 radical (unpaired) electrons. The number of ketones is 1. The molecular formula is C58H70N4O5. The maximum absolute atomic E-state index is 13.7. The van der Waals surface area contributed by atoms with E-state index in [1.54, 1.807) is 11.8 Å². The van der Waals surface area contributed by atoms with Crippen molar-refractivity contribution in [1.29, 1.82) is 0 Å². The molecule has 0 unspecified atom stereocenters. The van der Waals surface area contributed by atoms with E-state index in [0.717, 1.165) is 120 Å². The van der Waals surface area contributed by atoms with E-state index in [1.807, 2.05) is 28.8 Å². The second-order valence-corrected chi connectivity index (χ2v) is 17.4. The summed E-state index contributed by atoms with van der Waals surface area (Å²) in [7, 11) is 0. The molecule has 2 aliphatic heterocycles. The summed E-state index contributed by atoms with van der Waals surface area (Å²) in [5.41, 5.74) is 7.67. The lowest BCUT2D eigenvalue weighted by Crippen LogP contribution is -2.49. The summed E-state index contributed by atoms with van der Waals surface area (Å²) in [6.45, 7) is 11.6. The van der Waals surface area contributed by atoms with Gasteiger partial charge in [0, 0.05) is 67.9 Å². The number of pyridine rings is 1. The van der Waals surface area contributed by atoms with Crippen LogP contribution >= 0.6 is 0 Å². The van der Waals surface area contributed by atoms with Gasteiger partial charge in [0.1, 0.15) is 11.5 Å². The van der Waals surface area contributed by atoms with Crippen LogP contribution in [0.25, 0.3) is 22.0 Å². The second-order valence-electron chi connectivity index (χ2n) is 17.4. The highest BCUT2D eigenvalue weighted by molar-refractivity contribution is 5.94. The van der Waals surface area contributed by atoms with Crippen LogP contribution in [0.4, 0.5) is 10.5 Å². The molecule has 9 nitrogen and oxygen atoms in total. The number of piperazine rings is 1. The number of carbonyl (C=O) groups excluding carboxylic acids is 3. The molecule has 2 amide bonds. The van der Waals surface area contributed by atoms with Crippen molar-refractivity contribution in [3.63, 3.8) is 0 Å². The summed E-state index contributed by atoms with van der Waals surface area (Å²) in [5.74, 6) is 0.648. The molecule has 1 saturated heterocycles. The van der Waals surface area contributed by atoms with Gasteiger partial charge in [0.15, 0.2) is 0 Å². The molecule has 3 aromatic carbocycles. The third-order valence-corrected chi connectivity index (χ3v) is 12.5. The number of rotatable bonds is 23. The Morgan fingerprint density at radius 1 is 0.687 bits per heavy atom. The van der Waals surface area contributed by atoms with E-state index >= 15 is 0 Å². The van der Waals surface area contributed by atoms with Crippen LogP contribution in [0, 0.1) is 0 Å². The molecule has 2 aliphatic rings. The Morgan fingerprint density at radius 2 is 1.31 bits per heavy atom. The van der Waals surface area contributed by atoms with E-state index in [4.69, 9.17) is 4.74 Å². The minimum Gasteiger partial charge on any atom is -0.410 e. The number of benzene rings is 3. The maximum Gasteiger partial charge on any atom is 0.415 e. The van der Waals surface area contributed by atoms with E-state index in [2.05, 4.69) is 134 Å². The Bertz CT molecular complexity index is 2570. The van der Waals surface area contributed by atoms with Crippen molar-refractivity contribution in [2.24, 2.45) is 0 Å².